The minimum atomic E-state index is -3.92. The lowest BCUT2D eigenvalue weighted by atomic mass is 10.1. The first-order valence-corrected chi connectivity index (χ1v) is 12.4. The first-order valence-electron chi connectivity index (χ1n) is 10.9. The number of esters is 1. The van der Waals surface area contributed by atoms with Crippen molar-refractivity contribution in [3.63, 3.8) is 0 Å². The summed E-state index contributed by atoms with van der Waals surface area (Å²) in [7, 11) is -2.47. The summed E-state index contributed by atoms with van der Waals surface area (Å²) in [6.07, 6.45) is 0.651. The number of carbonyl (C=O) groups excluding carboxylic acids is 1. The molecule has 0 saturated heterocycles. The summed E-state index contributed by atoms with van der Waals surface area (Å²) in [5, 5.41) is 3.86. The lowest BCUT2D eigenvalue weighted by Gasteiger charge is -2.20. The lowest BCUT2D eigenvalue weighted by molar-refractivity contribution is 0.0428. The third-order valence-electron chi connectivity index (χ3n) is 5.03. The van der Waals surface area contributed by atoms with E-state index in [1.807, 2.05) is 20.8 Å². The monoisotopic (exact) mass is 487 g/mol. The fraction of sp³-hybridized carbons (Fsp3) is 0.375. The van der Waals surface area contributed by atoms with Gasteiger partial charge in [0.1, 0.15) is 5.75 Å². The van der Waals surface area contributed by atoms with Gasteiger partial charge in [-0.1, -0.05) is 25.1 Å². The van der Waals surface area contributed by atoms with Crippen molar-refractivity contribution in [3.05, 3.63) is 65.3 Å². The topological polar surface area (TPSA) is 112 Å². The Kier molecular flexibility index (Phi) is 7.93. The Labute approximate surface area is 199 Å². The predicted octanol–water partition coefficient (Wildman–Crippen LogP) is 4.16. The van der Waals surface area contributed by atoms with Crippen molar-refractivity contribution < 1.29 is 27.2 Å². The van der Waals surface area contributed by atoms with E-state index in [0.29, 0.717) is 41.8 Å². The molecule has 2 aromatic carbocycles. The van der Waals surface area contributed by atoms with Gasteiger partial charge >= 0.3 is 5.97 Å². The van der Waals surface area contributed by atoms with Gasteiger partial charge in [0.05, 0.1) is 22.8 Å². The second-order valence-electron chi connectivity index (χ2n) is 8.15. The molecular formula is C24H29N3O6S. The van der Waals surface area contributed by atoms with Crippen LogP contribution in [0.5, 0.6) is 5.75 Å². The van der Waals surface area contributed by atoms with Gasteiger partial charge in [0, 0.05) is 13.5 Å². The molecule has 182 valence electrons. The number of carbonyl (C=O) groups is 1. The quantitative estimate of drug-likeness (QED) is 0.392. The highest BCUT2D eigenvalue weighted by Gasteiger charge is 2.24. The average molecular weight is 488 g/mol. The summed E-state index contributed by atoms with van der Waals surface area (Å²) < 4.78 is 43.4. The van der Waals surface area contributed by atoms with Crippen LogP contribution in [0.15, 0.2) is 51.9 Å². The van der Waals surface area contributed by atoms with Crippen molar-refractivity contribution in [1.82, 2.24) is 10.1 Å². The largest absolute Gasteiger partial charge is 0.494 e. The van der Waals surface area contributed by atoms with Gasteiger partial charge in [-0.2, -0.15) is 4.98 Å². The van der Waals surface area contributed by atoms with Crippen LogP contribution in [-0.2, 0) is 27.8 Å². The molecule has 3 aromatic rings. The number of rotatable bonds is 10. The summed E-state index contributed by atoms with van der Waals surface area (Å²) in [5.41, 5.74) is 1.18. The molecule has 0 unspecified atom stereocenters. The van der Waals surface area contributed by atoms with Crippen LogP contribution >= 0.6 is 0 Å². The fourth-order valence-corrected chi connectivity index (χ4v) is 4.42. The van der Waals surface area contributed by atoms with Gasteiger partial charge in [0.15, 0.2) is 12.4 Å². The highest BCUT2D eigenvalue weighted by Crippen LogP contribution is 2.26. The SMILES string of the molecule is CCOc1ccc(N(C)S(=O)(=O)c2ccc(C)c(C(=O)OCc3nc(CC(C)C)no3)c2)cc1. The van der Waals surface area contributed by atoms with E-state index in [-0.39, 0.29) is 23.0 Å². The van der Waals surface area contributed by atoms with Crippen LogP contribution in [0, 0.1) is 12.8 Å². The molecule has 0 radical (unpaired) electrons. The van der Waals surface area contributed by atoms with Gasteiger partial charge in [0.2, 0.25) is 0 Å². The van der Waals surface area contributed by atoms with Crippen molar-refractivity contribution in [2.75, 3.05) is 18.0 Å². The van der Waals surface area contributed by atoms with Crippen LogP contribution in [0.3, 0.4) is 0 Å². The third-order valence-corrected chi connectivity index (χ3v) is 6.81. The van der Waals surface area contributed by atoms with Crippen molar-refractivity contribution in [3.8, 4) is 5.75 Å². The first-order chi connectivity index (χ1) is 16.1. The van der Waals surface area contributed by atoms with Crippen molar-refractivity contribution >= 4 is 21.7 Å². The number of hydrogen-bond donors (Lipinski definition) is 0. The number of hydrogen-bond acceptors (Lipinski definition) is 8. The molecule has 0 amide bonds. The summed E-state index contributed by atoms with van der Waals surface area (Å²) in [6.45, 7) is 7.96. The van der Waals surface area contributed by atoms with E-state index in [4.69, 9.17) is 14.0 Å². The summed E-state index contributed by atoms with van der Waals surface area (Å²) in [6, 6.07) is 11.1. The Morgan fingerprint density at radius 2 is 1.85 bits per heavy atom. The van der Waals surface area contributed by atoms with Crippen LogP contribution in [0.1, 0.15) is 48.4 Å². The number of sulfonamides is 1. The van der Waals surface area contributed by atoms with E-state index in [1.165, 1.54) is 19.2 Å². The Balaban J connectivity index is 1.76. The van der Waals surface area contributed by atoms with Gasteiger partial charge in [-0.05, 0) is 61.7 Å². The summed E-state index contributed by atoms with van der Waals surface area (Å²) in [5.74, 6) is 1.06. The molecule has 1 aromatic heterocycles. The molecule has 0 fully saturated rings. The second kappa shape index (κ2) is 10.7. The Morgan fingerprint density at radius 3 is 2.50 bits per heavy atom. The molecule has 9 nitrogen and oxygen atoms in total. The molecule has 0 aliphatic carbocycles. The molecule has 34 heavy (non-hydrogen) atoms. The molecule has 0 N–H and O–H groups in total. The maximum atomic E-state index is 13.2. The molecule has 0 aliphatic heterocycles. The molecule has 0 atom stereocenters. The van der Waals surface area contributed by atoms with Gasteiger partial charge < -0.3 is 14.0 Å². The fourth-order valence-electron chi connectivity index (χ4n) is 3.20. The van der Waals surface area contributed by atoms with Crippen LogP contribution < -0.4 is 9.04 Å². The standard InChI is InChI=1S/C24H29N3O6S/c1-6-31-19-10-8-18(9-11-19)27(5)34(29,30)20-12-7-17(4)21(14-20)24(28)32-15-23-25-22(26-33-23)13-16(2)3/h7-12,14,16H,6,13,15H2,1-5H3. The number of ether oxygens (including phenoxy) is 2. The van der Waals surface area contributed by atoms with E-state index in [0.717, 1.165) is 4.31 Å². The van der Waals surface area contributed by atoms with Crippen molar-refractivity contribution in [2.45, 2.75) is 45.6 Å². The molecule has 0 spiro atoms. The van der Waals surface area contributed by atoms with Gasteiger partial charge in [-0.3, -0.25) is 4.31 Å². The molecule has 0 saturated carbocycles. The molecular weight excluding hydrogens is 458 g/mol. The molecule has 3 rings (SSSR count). The van der Waals surface area contributed by atoms with E-state index >= 15 is 0 Å². The highest BCUT2D eigenvalue weighted by atomic mass is 32.2. The summed E-state index contributed by atoms with van der Waals surface area (Å²) >= 11 is 0. The van der Waals surface area contributed by atoms with Crippen LogP contribution in [0.25, 0.3) is 0 Å². The maximum Gasteiger partial charge on any atom is 0.338 e. The van der Waals surface area contributed by atoms with Crippen LogP contribution in [0.2, 0.25) is 0 Å². The smallest absolute Gasteiger partial charge is 0.338 e. The minimum Gasteiger partial charge on any atom is -0.494 e. The van der Waals surface area contributed by atoms with E-state index in [1.54, 1.807) is 37.3 Å². The zero-order chi connectivity index (χ0) is 24.9. The molecule has 1 heterocycles. The first kappa shape index (κ1) is 25.2. The van der Waals surface area contributed by atoms with Crippen molar-refractivity contribution in [1.29, 1.82) is 0 Å². The van der Waals surface area contributed by atoms with Gasteiger partial charge in [0.25, 0.3) is 15.9 Å². The van der Waals surface area contributed by atoms with Gasteiger partial charge in [-0.25, -0.2) is 13.2 Å². The minimum absolute atomic E-state index is 0.0292. The Hall–Kier alpha value is -3.40. The normalized spacial score (nSPS) is 11.5. The Bertz CT molecular complexity index is 1240. The van der Waals surface area contributed by atoms with Crippen molar-refractivity contribution in [2.24, 2.45) is 5.92 Å². The number of aromatic nitrogens is 2. The number of benzene rings is 2. The molecule has 0 bridgehead atoms. The van der Waals surface area contributed by atoms with E-state index < -0.39 is 16.0 Å². The van der Waals surface area contributed by atoms with Gasteiger partial charge in [-0.15, -0.1) is 0 Å². The predicted molar refractivity (Wildman–Crippen MR) is 126 cm³/mol. The van der Waals surface area contributed by atoms with E-state index in [2.05, 4.69) is 10.1 Å². The summed E-state index contributed by atoms with van der Waals surface area (Å²) in [4.78, 5) is 16.9. The third kappa shape index (κ3) is 5.93. The number of aryl methyl sites for hydroxylation is 1. The van der Waals surface area contributed by atoms with Crippen LogP contribution in [0.4, 0.5) is 5.69 Å². The lowest BCUT2D eigenvalue weighted by Crippen LogP contribution is -2.26. The van der Waals surface area contributed by atoms with Crippen LogP contribution in [-0.4, -0.2) is 38.2 Å². The van der Waals surface area contributed by atoms with E-state index in [9.17, 15) is 13.2 Å². The maximum absolute atomic E-state index is 13.2. The number of nitrogens with zero attached hydrogens (tertiary/aromatic N) is 3. The highest BCUT2D eigenvalue weighted by molar-refractivity contribution is 7.92. The molecule has 10 heteroatoms. The zero-order valence-corrected chi connectivity index (χ0v) is 20.8. The number of anilines is 1. The average Bonchev–Trinajstić information content (AvgIpc) is 3.24. The zero-order valence-electron chi connectivity index (χ0n) is 19.9. The molecule has 0 aliphatic rings. The second-order valence-corrected chi connectivity index (χ2v) is 10.1. The Morgan fingerprint density at radius 1 is 1.15 bits per heavy atom.